The first-order valence-electron chi connectivity index (χ1n) is 9.89. The predicted octanol–water partition coefficient (Wildman–Crippen LogP) is 5.36. The Bertz CT molecular complexity index is 1210. The molecule has 0 saturated carbocycles. The van der Waals surface area contributed by atoms with E-state index in [4.69, 9.17) is 25.6 Å². The number of benzene rings is 2. The smallest absolute Gasteiger partial charge is 0.239 e. The molecule has 0 aliphatic carbocycles. The minimum absolute atomic E-state index is 0.115. The molecule has 2 aromatic heterocycles. The van der Waals surface area contributed by atoms with Crippen LogP contribution in [0.1, 0.15) is 35.3 Å². The summed E-state index contributed by atoms with van der Waals surface area (Å²) in [4.78, 5) is 4.32. The summed E-state index contributed by atoms with van der Waals surface area (Å²) in [6.07, 6.45) is 0. The van der Waals surface area contributed by atoms with E-state index >= 15 is 0 Å². The summed E-state index contributed by atoms with van der Waals surface area (Å²) in [6.45, 7) is 5.95. The van der Waals surface area contributed by atoms with Crippen molar-refractivity contribution in [3.05, 3.63) is 70.6 Å². The zero-order valence-electron chi connectivity index (χ0n) is 18.1. The Morgan fingerprint density at radius 1 is 1.09 bits per heavy atom. The van der Waals surface area contributed by atoms with E-state index in [0.717, 1.165) is 17.0 Å². The van der Waals surface area contributed by atoms with Gasteiger partial charge >= 0.3 is 0 Å². The number of hydrogen-bond donors (Lipinski definition) is 0. The van der Waals surface area contributed by atoms with Crippen LogP contribution in [0, 0.1) is 13.8 Å². The van der Waals surface area contributed by atoms with Gasteiger partial charge in [-0.25, -0.2) is 0 Å². The SMILES string of the molecule is COc1ccc(OCc2nnc(SC(C)c3nc(C)no3)n2-c2ccc(C)c(Cl)c2)cc1. The van der Waals surface area contributed by atoms with Gasteiger partial charge in [0.15, 0.2) is 16.8 Å². The summed E-state index contributed by atoms with van der Waals surface area (Å²) in [6, 6.07) is 13.2. The summed E-state index contributed by atoms with van der Waals surface area (Å²) in [5, 5.41) is 13.9. The van der Waals surface area contributed by atoms with Crippen molar-refractivity contribution in [3.8, 4) is 17.2 Å². The third-order valence-electron chi connectivity index (χ3n) is 4.71. The zero-order valence-corrected chi connectivity index (χ0v) is 19.6. The third-order valence-corrected chi connectivity index (χ3v) is 6.15. The van der Waals surface area contributed by atoms with E-state index in [1.54, 1.807) is 14.0 Å². The topological polar surface area (TPSA) is 88.1 Å². The van der Waals surface area contributed by atoms with E-state index in [-0.39, 0.29) is 11.9 Å². The van der Waals surface area contributed by atoms with E-state index in [2.05, 4.69) is 20.3 Å². The average Bonchev–Trinajstić information content (AvgIpc) is 3.41. The van der Waals surface area contributed by atoms with Crippen LogP contribution in [0.2, 0.25) is 5.02 Å². The Hall–Kier alpha value is -3.04. The lowest BCUT2D eigenvalue weighted by Crippen LogP contribution is -2.07. The van der Waals surface area contributed by atoms with Crippen molar-refractivity contribution in [1.29, 1.82) is 0 Å². The van der Waals surface area contributed by atoms with Crippen molar-refractivity contribution in [2.24, 2.45) is 0 Å². The van der Waals surface area contributed by atoms with Crippen LogP contribution >= 0.6 is 23.4 Å². The number of rotatable bonds is 8. The van der Waals surface area contributed by atoms with Gasteiger partial charge in [-0.05, 0) is 62.7 Å². The number of thioether (sulfide) groups is 1. The monoisotopic (exact) mass is 471 g/mol. The van der Waals surface area contributed by atoms with Gasteiger partial charge in [-0.2, -0.15) is 4.98 Å². The standard InChI is InChI=1S/C22H22ClN5O3S/c1-13-5-6-16(11-19(13)23)28-20(12-30-18-9-7-17(29-4)8-10-18)25-26-22(28)32-14(2)21-24-15(3)27-31-21/h5-11,14H,12H2,1-4H3. The molecule has 0 radical (unpaired) electrons. The molecule has 4 aromatic rings. The van der Waals surface area contributed by atoms with Gasteiger partial charge in [0.05, 0.1) is 18.0 Å². The normalized spacial score (nSPS) is 12.0. The fourth-order valence-electron chi connectivity index (χ4n) is 2.96. The molecule has 0 amide bonds. The lowest BCUT2D eigenvalue weighted by atomic mass is 10.2. The predicted molar refractivity (Wildman–Crippen MR) is 122 cm³/mol. The lowest BCUT2D eigenvalue weighted by molar-refractivity contribution is 0.292. The second-order valence-corrected chi connectivity index (χ2v) is 8.79. The highest BCUT2D eigenvalue weighted by atomic mass is 35.5. The van der Waals surface area contributed by atoms with Gasteiger partial charge in [0.2, 0.25) is 5.89 Å². The number of nitrogens with zero attached hydrogens (tertiary/aromatic N) is 5. The van der Waals surface area contributed by atoms with Gasteiger partial charge < -0.3 is 14.0 Å². The van der Waals surface area contributed by atoms with Crippen LogP contribution in [0.15, 0.2) is 52.1 Å². The summed E-state index contributed by atoms with van der Waals surface area (Å²) in [5.41, 5.74) is 1.83. The maximum atomic E-state index is 6.40. The molecular weight excluding hydrogens is 450 g/mol. The first-order chi connectivity index (χ1) is 15.4. The summed E-state index contributed by atoms with van der Waals surface area (Å²) >= 11 is 7.87. The summed E-state index contributed by atoms with van der Waals surface area (Å²) < 4.78 is 18.4. The molecule has 0 aliphatic rings. The molecule has 32 heavy (non-hydrogen) atoms. The van der Waals surface area contributed by atoms with E-state index in [1.165, 1.54) is 11.8 Å². The number of aromatic nitrogens is 5. The number of aryl methyl sites for hydroxylation is 2. The van der Waals surface area contributed by atoms with Crippen LogP contribution < -0.4 is 9.47 Å². The van der Waals surface area contributed by atoms with Crippen LogP contribution in [0.5, 0.6) is 11.5 Å². The average molecular weight is 472 g/mol. The van der Waals surface area contributed by atoms with Crippen LogP contribution in [-0.2, 0) is 6.61 Å². The lowest BCUT2D eigenvalue weighted by Gasteiger charge is -2.13. The second kappa shape index (κ2) is 9.62. The van der Waals surface area contributed by atoms with Gasteiger partial charge in [-0.1, -0.05) is 34.6 Å². The largest absolute Gasteiger partial charge is 0.497 e. The molecule has 0 saturated heterocycles. The molecule has 0 bridgehead atoms. The Balaban J connectivity index is 1.63. The number of halogens is 1. The van der Waals surface area contributed by atoms with Crippen molar-refractivity contribution in [3.63, 3.8) is 0 Å². The number of methoxy groups -OCH3 is 1. The fraction of sp³-hybridized carbons (Fsp3) is 0.273. The Morgan fingerprint density at radius 3 is 2.50 bits per heavy atom. The summed E-state index contributed by atoms with van der Waals surface area (Å²) in [5.74, 6) is 3.22. The van der Waals surface area contributed by atoms with E-state index < -0.39 is 0 Å². The van der Waals surface area contributed by atoms with Gasteiger partial charge in [0.1, 0.15) is 18.1 Å². The zero-order chi connectivity index (χ0) is 22.7. The van der Waals surface area contributed by atoms with Crippen LogP contribution in [0.4, 0.5) is 0 Å². The second-order valence-electron chi connectivity index (χ2n) is 7.07. The molecule has 10 heteroatoms. The highest BCUT2D eigenvalue weighted by molar-refractivity contribution is 7.99. The van der Waals surface area contributed by atoms with Gasteiger partial charge in [0.25, 0.3) is 0 Å². The van der Waals surface area contributed by atoms with Gasteiger partial charge in [-0.15, -0.1) is 10.2 Å². The molecule has 1 atom stereocenters. The molecule has 2 heterocycles. The highest BCUT2D eigenvalue weighted by Crippen LogP contribution is 2.35. The van der Waals surface area contributed by atoms with E-state index in [1.807, 2.05) is 60.9 Å². The highest BCUT2D eigenvalue weighted by Gasteiger charge is 2.22. The molecule has 2 aromatic carbocycles. The van der Waals surface area contributed by atoms with Crippen molar-refractivity contribution in [2.45, 2.75) is 37.8 Å². The molecule has 166 valence electrons. The van der Waals surface area contributed by atoms with Crippen molar-refractivity contribution in [2.75, 3.05) is 7.11 Å². The number of ether oxygens (including phenoxy) is 2. The Kier molecular flexibility index (Phi) is 6.66. The quantitative estimate of drug-likeness (QED) is 0.317. The maximum Gasteiger partial charge on any atom is 0.239 e. The van der Waals surface area contributed by atoms with Crippen LogP contribution in [0.3, 0.4) is 0 Å². The van der Waals surface area contributed by atoms with E-state index in [9.17, 15) is 0 Å². The van der Waals surface area contributed by atoms with Crippen molar-refractivity contribution >= 4 is 23.4 Å². The number of hydrogen-bond acceptors (Lipinski definition) is 8. The third kappa shape index (κ3) is 4.89. The molecular formula is C22H22ClN5O3S. The molecule has 8 nitrogen and oxygen atoms in total. The minimum Gasteiger partial charge on any atom is -0.497 e. The molecule has 0 N–H and O–H groups in total. The first-order valence-corrected chi connectivity index (χ1v) is 11.1. The van der Waals surface area contributed by atoms with Gasteiger partial charge in [-0.3, -0.25) is 4.57 Å². The molecule has 0 aliphatic heterocycles. The van der Waals surface area contributed by atoms with Gasteiger partial charge in [0, 0.05) is 5.02 Å². The molecule has 0 spiro atoms. The van der Waals surface area contributed by atoms with Crippen molar-refractivity contribution < 1.29 is 14.0 Å². The molecule has 0 fully saturated rings. The molecule has 4 rings (SSSR count). The van der Waals surface area contributed by atoms with Crippen molar-refractivity contribution in [1.82, 2.24) is 24.9 Å². The van der Waals surface area contributed by atoms with E-state index in [0.29, 0.717) is 33.5 Å². The first kappa shape index (κ1) is 22.2. The van der Waals surface area contributed by atoms with Crippen LogP contribution in [-0.4, -0.2) is 32.0 Å². The minimum atomic E-state index is -0.115. The molecule has 1 unspecified atom stereocenters. The fourth-order valence-corrected chi connectivity index (χ4v) is 4.05. The Labute approximate surface area is 194 Å². The Morgan fingerprint density at radius 2 is 1.84 bits per heavy atom. The summed E-state index contributed by atoms with van der Waals surface area (Å²) in [7, 11) is 1.63. The van der Waals surface area contributed by atoms with Crippen LogP contribution in [0.25, 0.3) is 5.69 Å². The maximum absolute atomic E-state index is 6.40.